The first-order valence-corrected chi connectivity index (χ1v) is 11.4. The van der Waals surface area contributed by atoms with Gasteiger partial charge < -0.3 is 20.3 Å². The molecule has 3 aromatic heterocycles. The molecule has 164 valence electrons. The van der Waals surface area contributed by atoms with Crippen molar-refractivity contribution in [1.29, 1.82) is 5.26 Å². The number of fused-ring (bicyclic) bond motifs is 1. The highest BCUT2D eigenvalue weighted by Crippen LogP contribution is 2.34. The number of rotatable bonds is 4. The van der Waals surface area contributed by atoms with Gasteiger partial charge in [-0.3, -0.25) is 0 Å². The molecule has 2 atom stereocenters. The molecule has 1 fully saturated rings. The van der Waals surface area contributed by atoms with Gasteiger partial charge in [0.05, 0.1) is 28.7 Å². The van der Waals surface area contributed by atoms with Crippen LogP contribution in [0.2, 0.25) is 0 Å². The lowest BCUT2D eigenvalue weighted by molar-refractivity contribution is 0.122. The molecule has 5 rings (SSSR count). The summed E-state index contributed by atoms with van der Waals surface area (Å²) in [6.07, 6.45) is 5.83. The van der Waals surface area contributed by atoms with Crippen molar-refractivity contribution in [2.75, 3.05) is 23.3 Å². The maximum atomic E-state index is 10.7. The Morgan fingerprint density at radius 1 is 1.30 bits per heavy atom. The Kier molecular flexibility index (Phi) is 5.43. The van der Waals surface area contributed by atoms with Gasteiger partial charge in [0, 0.05) is 36.4 Å². The number of nitrogens with zero attached hydrogens (tertiary/aromatic N) is 5. The molecular formula is C24H21N7OS. The third-order valence-electron chi connectivity index (χ3n) is 5.61. The Morgan fingerprint density at radius 2 is 2.21 bits per heavy atom. The lowest BCUT2D eigenvalue weighted by Gasteiger charge is -2.22. The van der Waals surface area contributed by atoms with Crippen molar-refractivity contribution in [3.63, 3.8) is 0 Å². The molecule has 1 saturated heterocycles. The van der Waals surface area contributed by atoms with E-state index in [1.165, 1.54) is 17.7 Å². The molecule has 0 aliphatic carbocycles. The van der Waals surface area contributed by atoms with Gasteiger partial charge in [-0.2, -0.15) is 5.26 Å². The lowest BCUT2D eigenvalue weighted by Crippen LogP contribution is -2.20. The van der Waals surface area contributed by atoms with Crippen LogP contribution < -0.4 is 10.2 Å². The molecule has 33 heavy (non-hydrogen) atoms. The van der Waals surface area contributed by atoms with Crippen LogP contribution in [0.4, 0.5) is 17.2 Å². The number of benzene rings is 1. The first kappa shape index (κ1) is 21.0. The molecular weight excluding hydrogens is 434 g/mol. The standard InChI is InChI=1S/C24H21N7OS/c1-24(32,23-27-9-11-33-23)7-4-16-2-3-20(31-10-6-17(13-25)14-31)19(12-16)30-22-18-5-8-26-21(18)28-15-29-22/h2-3,5,8-9,11-12,15,17,32H,6,10,14H2,1H3,(H2,26,28,29,30)/t17-,24?/m0/s1. The van der Waals surface area contributed by atoms with Crippen molar-refractivity contribution >= 4 is 39.6 Å². The number of H-pyrrole nitrogens is 1. The fourth-order valence-electron chi connectivity index (χ4n) is 3.88. The third kappa shape index (κ3) is 4.24. The van der Waals surface area contributed by atoms with Gasteiger partial charge in [-0.25, -0.2) is 15.0 Å². The van der Waals surface area contributed by atoms with Crippen LogP contribution >= 0.6 is 11.3 Å². The Hall–Kier alpha value is -3.92. The summed E-state index contributed by atoms with van der Waals surface area (Å²) in [4.78, 5) is 18.2. The highest BCUT2D eigenvalue weighted by Gasteiger charge is 2.25. The van der Waals surface area contributed by atoms with Crippen molar-refractivity contribution in [2.45, 2.75) is 18.9 Å². The van der Waals surface area contributed by atoms with E-state index in [0.717, 1.165) is 40.9 Å². The monoisotopic (exact) mass is 455 g/mol. The molecule has 0 saturated carbocycles. The van der Waals surface area contributed by atoms with Crippen LogP contribution in [-0.2, 0) is 5.60 Å². The van der Waals surface area contributed by atoms with Gasteiger partial charge in [0.25, 0.3) is 0 Å². The SMILES string of the molecule is CC(O)(C#Cc1ccc(N2CC[C@@H](C#N)C2)c(Nc2ncnc3[nH]ccc23)c1)c1nccs1. The number of aliphatic hydroxyl groups is 1. The van der Waals surface area contributed by atoms with E-state index in [-0.39, 0.29) is 5.92 Å². The quantitative estimate of drug-likeness (QED) is 0.401. The molecule has 0 spiro atoms. The molecule has 1 aliphatic rings. The molecule has 4 aromatic rings. The maximum absolute atomic E-state index is 10.7. The number of anilines is 3. The van der Waals surface area contributed by atoms with E-state index in [1.807, 2.05) is 35.8 Å². The van der Waals surface area contributed by atoms with Crippen LogP contribution in [0.1, 0.15) is 23.9 Å². The van der Waals surface area contributed by atoms with Crippen LogP contribution in [0.3, 0.4) is 0 Å². The van der Waals surface area contributed by atoms with Crippen molar-refractivity contribution in [2.24, 2.45) is 5.92 Å². The van der Waals surface area contributed by atoms with Crippen LogP contribution in [0.5, 0.6) is 0 Å². The zero-order valence-corrected chi connectivity index (χ0v) is 18.7. The summed E-state index contributed by atoms with van der Waals surface area (Å²) in [7, 11) is 0. The second kappa shape index (κ2) is 8.55. The molecule has 8 nitrogen and oxygen atoms in total. The minimum absolute atomic E-state index is 0.0149. The zero-order chi connectivity index (χ0) is 22.8. The summed E-state index contributed by atoms with van der Waals surface area (Å²) < 4.78 is 0. The van der Waals surface area contributed by atoms with E-state index < -0.39 is 5.60 Å². The molecule has 0 bridgehead atoms. The number of thiazole rings is 1. The fraction of sp³-hybridized carbons (Fsp3) is 0.250. The molecule has 1 aliphatic heterocycles. The fourth-order valence-corrected chi connectivity index (χ4v) is 4.54. The summed E-state index contributed by atoms with van der Waals surface area (Å²) in [6, 6.07) is 10.2. The summed E-state index contributed by atoms with van der Waals surface area (Å²) in [5.74, 6) is 6.72. The average Bonchev–Trinajstić information content (AvgIpc) is 3.60. The number of nitriles is 1. The summed E-state index contributed by atoms with van der Waals surface area (Å²) in [5, 5.41) is 26.7. The van der Waals surface area contributed by atoms with Crippen molar-refractivity contribution in [1.82, 2.24) is 19.9 Å². The Bertz CT molecular complexity index is 1390. The first-order chi connectivity index (χ1) is 16.0. The van der Waals surface area contributed by atoms with Gasteiger partial charge in [0.1, 0.15) is 22.8 Å². The van der Waals surface area contributed by atoms with Crippen LogP contribution in [0.25, 0.3) is 11.0 Å². The van der Waals surface area contributed by atoms with E-state index in [2.05, 4.69) is 48.1 Å². The van der Waals surface area contributed by atoms with E-state index >= 15 is 0 Å². The topological polar surface area (TPSA) is 114 Å². The summed E-state index contributed by atoms with van der Waals surface area (Å²) in [5.41, 5.74) is 1.96. The van der Waals surface area contributed by atoms with Crippen molar-refractivity contribution in [3.05, 3.63) is 58.9 Å². The minimum atomic E-state index is -1.33. The van der Waals surface area contributed by atoms with Gasteiger partial charge in [-0.1, -0.05) is 11.8 Å². The highest BCUT2D eigenvalue weighted by molar-refractivity contribution is 7.09. The smallest absolute Gasteiger partial charge is 0.174 e. The van der Waals surface area contributed by atoms with Crippen molar-refractivity contribution < 1.29 is 5.11 Å². The Labute approximate surface area is 195 Å². The van der Waals surface area contributed by atoms with E-state index in [0.29, 0.717) is 17.4 Å². The highest BCUT2D eigenvalue weighted by atomic mass is 32.1. The van der Waals surface area contributed by atoms with E-state index in [9.17, 15) is 10.4 Å². The van der Waals surface area contributed by atoms with E-state index in [4.69, 9.17) is 0 Å². The molecule has 9 heteroatoms. The molecule has 1 unspecified atom stereocenters. The largest absolute Gasteiger partial charge is 0.371 e. The number of aromatic nitrogens is 4. The molecule has 1 aromatic carbocycles. The lowest BCUT2D eigenvalue weighted by atomic mass is 10.1. The molecule has 0 radical (unpaired) electrons. The zero-order valence-electron chi connectivity index (χ0n) is 17.9. The minimum Gasteiger partial charge on any atom is -0.371 e. The third-order valence-corrected chi connectivity index (χ3v) is 6.60. The van der Waals surface area contributed by atoms with Gasteiger partial charge in [-0.05, 0) is 37.6 Å². The Morgan fingerprint density at radius 3 is 3.00 bits per heavy atom. The van der Waals surface area contributed by atoms with Crippen molar-refractivity contribution in [3.8, 4) is 17.9 Å². The van der Waals surface area contributed by atoms with Gasteiger partial charge in [0.2, 0.25) is 0 Å². The number of hydrogen-bond donors (Lipinski definition) is 3. The number of nitrogens with one attached hydrogen (secondary N) is 2. The predicted octanol–water partition coefficient (Wildman–Crippen LogP) is 3.77. The number of aromatic amines is 1. The van der Waals surface area contributed by atoms with Gasteiger partial charge in [0.15, 0.2) is 5.60 Å². The maximum Gasteiger partial charge on any atom is 0.174 e. The van der Waals surface area contributed by atoms with Gasteiger partial charge >= 0.3 is 0 Å². The summed E-state index contributed by atoms with van der Waals surface area (Å²) in [6.45, 7) is 3.13. The second-order valence-electron chi connectivity index (χ2n) is 8.04. The van der Waals surface area contributed by atoms with Crippen LogP contribution in [-0.4, -0.2) is 38.1 Å². The number of hydrogen-bond acceptors (Lipinski definition) is 8. The van der Waals surface area contributed by atoms with Crippen LogP contribution in [0.15, 0.2) is 48.4 Å². The summed E-state index contributed by atoms with van der Waals surface area (Å²) >= 11 is 1.37. The first-order valence-electron chi connectivity index (χ1n) is 10.5. The second-order valence-corrected chi connectivity index (χ2v) is 8.93. The van der Waals surface area contributed by atoms with Gasteiger partial charge in [-0.15, -0.1) is 11.3 Å². The van der Waals surface area contributed by atoms with Crippen LogP contribution in [0, 0.1) is 29.1 Å². The molecule has 3 N–H and O–H groups in total. The predicted molar refractivity (Wildman–Crippen MR) is 128 cm³/mol. The Balaban J connectivity index is 1.52. The normalized spacial score (nSPS) is 17.2. The molecule has 4 heterocycles. The van der Waals surface area contributed by atoms with E-state index in [1.54, 1.807) is 13.1 Å². The molecule has 0 amide bonds. The average molecular weight is 456 g/mol.